The second-order valence-corrected chi connectivity index (χ2v) is 6.74. The van der Waals surface area contributed by atoms with E-state index in [4.69, 9.17) is 0 Å². The molecule has 7 nitrogen and oxygen atoms in total. The van der Waals surface area contributed by atoms with Gasteiger partial charge in [-0.15, -0.1) is 0 Å². The number of amides is 3. The van der Waals surface area contributed by atoms with E-state index in [1.54, 1.807) is 42.5 Å². The van der Waals surface area contributed by atoms with Crippen molar-refractivity contribution in [1.29, 1.82) is 0 Å². The molecule has 28 heavy (non-hydrogen) atoms. The van der Waals surface area contributed by atoms with Crippen molar-refractivity contribution in [2.75, 3.05) is 35.6 Å². The molecule has 0 unspecified atom stereocenters. The third kappa shape index (κ3) is 5.33. The first-order valence-electron chi connectivity index (χ1n) is 9.32. The summed E-state index contributed by atoms with van der Waals surface area (Å²) in [6.45, 7) is 3.15. The maximum absolute atomic E-state index is 12.3. The molecule has 3 rings (SSSR count). The summed E-state index contributed by atoms with van der Waals surface area (Å²) in [5, 5.41) is 8.52. The van der Waals surface area contributed by atoms with Crippen LogP contribution in [-0.2, 0) is 9.59 Å². The largest absolute Gasteiger partial charge is 0.376 e. The van der Waals surface area contributed by atoms with Gasteiger partial charge in [0.25, 0.3) is 5.91 Å². The van der Waals surface area contributed by atoms with Gasteiger partial charge < -0.3 is 20.9 Å². The van der Waals surface area contributed by atoms with Crippen LogP contribution in [0.5, 0.6) is 0 Å². The smallest absolute Gasteiger partial charge is 0.253 e. The van der Waals surface area contributed by atoms with Crippen LogP contribution in [0, 0.1) is 0 Å². The lowest BCUT2D eigenvalue weighted by Crippen LogP contribution is -2.27. The minimum absolute atomic E-state index is 0.0381. The van der Waals surface area contributed by atoms with Crippen LogP contribution in [-0.4, -0.2) is 42.3 Å². The van der Waals surface area contributed by atoms with Crippen LogP contribution in [0.3, 0.4) is 0 Å². The van der Waals surface area contributed by atoms with Crippen LogP contribution in [0.4, 0.5) is 17.1 Å². The van der Waals surface area contributed by atoms with Crippen LogP contribution < -0.4 is 16.0 Å². The van der Waals surface area contributed by atoms with E-state index in [2.05, 4.69) is 16.0 Å². The Labute approximate surface area is 164 Å². The van der Waals surface area contributed by atoms with E-state index in [1.165, 1.54) is 6.92 Å². The van der Waals surface area contributed by atoms with Crippen molar-refractivity contribution in [3.63, 3.8) is 0 Å². The summed E-state index contributed by atoms with van der Waals surface area (Å²) in [7, 11) is 0. The van der Waals surface area contributed by atoms with Crippen molar-refractivity contribution in [3.8, 4) is 0 Å². The number of rotatable bonds is 6. The van der Waals surface area contributed by atoms with Crippen molar-refractivity contribution >= 4 is 34.8 Å². The highest BCUT2D eigenvalue weighted by Crippen LogP contribution is 2.16. The third-order valence-corrected chi connectivity index (χ3v) is 4.44. The summed E-state index contributed by atoms with van der Waals surface area (Å²) in [6.07, 6.45) is 2.11. The van der Waals surface area contributed by atoms with Gasteiger partial charge in [0, 0.05) is 42.6 Å². The monoisotopic (exact) mass is 380 g/mol. The molecule has 2 aromatic rings. The fraction of sp³-hybridized carbons (Fsp3) is 0.286. The van der Waals surface area contributed by atoms with Gasteiger partial charge in [-0.05, 0) is 55.3 Å². The SMILES string of the molecule is CC(=O)Nc1cccc(NCC(=O)Nc2ccc(C(=O)N3CCCC3)cc2)c1. The highest BCUT2D eigenvalue weighted by molar-refractivity contribution is 5.97. The Bertz CT molecular complexity index is 858. The van der Waals surface area contributed by atoms with Gasteiger partial charge in [-0.3, -0.25) is 14.4 Å². The number of carbonyl (C=O) groups excluding carboxylic acids is 3. The summed E-state index contributed by atoms with van der Waals surface area (Å²) in [6, 6.07) is 14.1. The Morgan fingerprint density at radius 1 is 0.893 bits per heavy atom. The normalized spacial score (nSPS) is 13.1. The van der Waals surface area contributed by atoms with Gasteiger partial charge in [-0.25, -0.2) is 0 Å². The molecule has 1 saturated heterocycles. The number of nitrogens with zero attached hydrogens (tertiary/aromatic N) is 1. The molecule has 0 aliphatic carbocycles. The Kier molecular flexibility index (Phi) is 6.26. The fourth-order valence-corrected chi connectivity index (χ4v) is 3.10. The molecule has 1 fully saturated rings. The van der Waals surface area contributed by atoms with Crippen LogP contribution >= 0.6 is 0 Å². The predicted molar refractivity (Wildman–Crippen MR) is 109 cm³/mol. The van der Waals surface area contributed by atoms with Crippen LogP contribution in [0.15, 0.2) is 48.5 Å². The average molecular weight is 380 g/mol. The van der Waals surface area contributed by atoms with Gasteiger partial charge in [0.2, 0.25) is 11.8 Å². The minimum atomic E-state index is -0.205. The molecule has 0 radical (unpaired) electrons. The summed E-state index contributed by atoms with van der Waals surface area (Å²) >= 11 is 0. The second kappa shape index (κ2) is 9.03. The predicted octanol–water partition coefficient (Wildman–Crippen LogP) is 2.93. The minimum Gasteiger partial charge on any atom is -0.376 e. The number of carbonyl (C=O) groups is 3. The number of hydrogen-bond acceptors (Lipinski definition) is 4. The number of nitrogens with one attached hydrogen (secondary N) is 3. The van der Waals surface area contributed by atoms with Gasteiger partial charge in [0.1, 0.15) is 0 Å². The first-order valence-corrected chi connectivity index (χ1v) is 9.32. The van der Waals surface area contributed by atoms with Crippen molar-refractivity contribution in [3.05, 3.63) is 54.1 Å². The number of anilines is 3. The molecular weight excluding hydrogens is 356 g/mol. The van der Waals surface area contributed by atoms with Gasteiger partial charge in [0.05, 0.1) is 6.54 Å². The number of hydrogen-bond donors (Lipinski definition) is 3. The van der Waals surface area contributed by atoms with Crippen molar-refractivity contribution in [2.45, 2.75) is 19.8 Å². The molecule has 3 N–H and O–H groups in total. The molecule has 1 aliphatic heterocycles. The highest BCUT2D eigenvalue weighted by atomic mass is 16.2. The molecular formula is C21H24N4O3. The molecule has 146 valence electrons. The summed E-state index contributed by atoms with van der Waals surface area (Å²) in [4.78, 5) is 37.5. The van der Waals surface area contributed by atoms with Crippen molar-refractivity contribution in [1.82, 2.24) is 4.90 Å². The summed E-state index contributed by atoms with van der Waals surface area (Å²) in [5.41, 5.74) is 2.66. The lowest BCUT2D eigenvalue weighted by molar-refractivity contribution is -0.115. The fourth-order valence-electron chi connectivity index (χ4n) is 3.10. The molecule has 3 amide bonds. The molecule has 7 heteroatoms. The third-order valence-electron chi connectivity index (χ3n) is 4.44. The average Bonchev–Trinajstić information content (AvgIpc) is 3.21. The number of likely N-dealkylation sites (tertiary alicyclic amines) is 1. The maximum atomic E-state index is 12.3. The second-order valence-electron chi connectivity index (χ2n) is 6.74. The first-order chi connectivity index (χ1) is 13.5. The molecule has 0 spiro atoms. The molecule has 0 atom stereocenters. The first kappa shape index (κ1) is 19.4. The van der Waals surface area contributed by atoms with Crippen molar-refractivity contribution in [2.24, 2.45) is 0 Å². The van der Waals surface area contributed by atoms with E-state index >= 15 is 0 Å². The molecule has 0 bridgehead atoms. The lowest BCUT2D eigenvalue weighted by atomic mass is 10.2. The van der Waals surface area contributed by atoms with E-state index in [0.29, 0.717) is 16.9 Å². The molecule has 1 heterocycles. The van der Waals surface area contributed by atoms with Gasteiger partial charge in [-0.1, -0.05) is 6.07 Å². The zero-order valence-electron chi connectivity index (χ0n) is 15.8. The Morgan fingerprint density at radius 3 is 2.25 bits per heavy atom. The standard InChI is InChI=1S/C21H24N4O3/c1-15(26)23-19-6-4-5-18(13-19)22-14-20(27)24-17-9-7-16(8-10-17)21(28)25-11-2-3-12-25/h4-10,13,22H,2-3,11-12,14H2,1H3,(H,23,26)(H,24,27). The van der Waals surface area contributed by atoms with Gasteiger partial charge >= 0.3 is 0 Å². The topological polar surface area (TPSA) is 90.5 Å². The quantitative estimate of drug-likeness (QED) is 0.719. The Hall–Kier alpha value is -3.35. The number of benzene rings is 2. The molecule has 0 saturated carbocycles. The van der Waals surface area contributed by atoms with Gasteiger partial charge in [-0.2, -0.15) is 0 Å². The van der Waals surface area contributed by atoms with Crippen LogP contribution in [0.25, 0.3) is 0 Å². The molecule has 1 aliphatic rings. The van der Waals surface area contributed by atoms with Crippen molar-refractivity contribution < 1.29 is 14.4 Å². The van der Waals surface area contributed by atoms with Gasteiger partial charge in [0.15, 0.2) is 0 Å². The van der Waals surface area contributed by atoms with E-state index < -0.39 is 0 Å². The van der Waals surface area contributed by atoms with Crippen LogP contribution in [0.2, 0.25) is 0 Å². The Balaban J connectivity index is 1.51. The highest BCUT2D eigenvalue weighted by Gasteiger charge is 2.19. The van der Waals surface area contributed by atoms with E-state index in [0.717, 1.165) is 31.6 Å². The van der Waals surface area contributed by atoms with E-state index in [-0.39, 0.29) is 24.3 Å². The summed E-state index contributed by atoms with van der Waals surface area (Å²) in [5.74, 6) is -0.318. The van der Waals surface area contributed by atoms with E-state index in [1.807, 2.05) is 11.0 Å². The zero-order valence-corrected chi connectivity index (χ0v) is 15.8. The summed E-state index contributed by atoms with van der Waals surface area (Å²) < 4.78 is 0. The Morgan fingerprint density at radius 2 is 1.57 bits per heavy atom. The zero-order chi connectivity index (χ0) is 19.9. The lowest BCUT2D eigenvalue weighted by Gasteiger charge is -2.15. The van der Waals surface area contributed by atoms with E-state index in [9.17, 15) is 14.4 Å². The van der Waals surface area contributed by atoms with Crippen LogP contribution in [0.1, 0.15) is 30.1 Å². The molecule has 0 aromatic heterocycles. The maximum Gasteiger partial charge on any atom is 0.253 e. The molecule has 2 aromatic carbocycles.